The number of carbonyl (C=O) groups excluding carboxylic acids is 3. The van der Waals surface area contributed by atoms with Crippen LogP contribution in [0.25, 0.3) is 0 Å². The monoisotopic (exact) mass is 384 g/mol. The van der Waals surface area contributed by atoms with Crippen LogP contribution in [0.1, 0.15) is 66.4 Å². The van der Waals surface area contributed by atoms with E-state index in [9.17, 15) is 14.4 Å². The summed E-state index contributed by atoms with van der Waals surface area (Å²) in [6.07, 6.45) is 6.34. The van der Waals surface area contributed by atoms with Crippen molar-refractivity contribution in [2.45, 2.75) is 76.2 Å². The van der Waals surface area contributed by atoms with E-state index < -0.39 is 6.04 Å². The highest BCUT2D eigenvalue weighted by atomic mass is 16.2. The summed E-state index contributed by atoms with van der Waals surface area (Å²) < 4.78 is 0. The maximum absolute atomic E-state index is 13.1. The molecule has 7 nitrogen and oxygen atoms in total. The number of nitrogens with two attached hydrogens (primary N) is 1. The van der Waals surface area contributed by atoms with Gasteiger partial charge in [0.25, 0.3) is 5.91 Å². The molecule has 0 bridgehead atoms. The first kappa shape index (κ1) is 19.1. The maximum atomic E-state index is 13.1. The molecule has 1 unspecified atom stereocenters. The molecule has 0 aromatic heterocycles. The molecule has 1 aromatic carbocycles. The molecule has 150 valence electrons. The molecule has 1 saturated heterocycles. The van der Waals surface area contributed by atoms with Crippen molar-refractivity contribution in [3.8, 4) is 0 Å². The van der Waals surface area contributed by atoms with Crippen LogP contribution in [0.4, 0.5) is 0 Å². The number of fused-ring (bicyclic) bond motifs is 1. The van der Waals surface area contributed by atoms with Gasteiger partial charge in [0.1, 0.15) is 6.04 Å². The van der Waals surface area contributed by atoms with E-state index in [1.807, 2.05) is 18.2 Å². The number of nitrogens with one attached hydrogen (secondary N) is 2. The average Bonchev–Trinajstić information content (AvgIpc) is 2.86. The zero-order valence-corrected chi connectivity index (χ0v) is 16.1. The summed E-state index contributed by atoms with van der Waals surface area (Å²) in [6, 6.07) is 5.72. The molecule has 4 N–H and O–H groups in total. The van der Waals surface area contributed by atoms with Gasteiger partial charge >= 0.3 is 0 Å². The van der Waals surface area contributed by atoms with Gasteiger partial charge in [0.05, 0.1) is 0 Å². The third kappa shape index (κ3) is 3.69. The number of hydrogen-bond donors (Lipinski definition) is 3. The SMILES string of the molecule is N[C@@H]1CCCCC[C@H]1NCc1cccc2c1C(=O)N(C1CCC(=O)NC1=O)C2. The quantitative estimate of drug-likeness (QED) is 0.534. The summed E-state index contributed by atoms with van der Waals surface area (Å²) >= 11 is 0. The molecule has 0 radical (unpaired) electrons. The first-order chi connectivity index (χ1) is 13.5. The number of imide groups is 1. The molecule has 2 aliphatic heterocycles. The molecule has 3 aliphatic rings. The Hall–Kier alpha value is -2.25. The van der Waals surface area contributed by atoms with Crippen molar-refractivity contribution in [1.29, 1.82) is 0 Å². The number of piperidine rings is 1. The Labute approximate surface area is 165 Å². The smallest absolute Gasteiger partial charge is 0.255 e. The van der Waals surface area contributed by atoms with Crippen LogP contribution in [0.15, 0.2) is 18.2 Å². The molecule has 1 saturated carbocycles. The predicted molar refractivity (Wildman–Crippen MR) is 104 cm³/mol. The minimum atomic E-state index is -0.575. The third-order valence-electron chi connectivity index (χ3n) is 6.26. The van der Waals surface area contributed by atoms with Crippen molar-refractivity contribution < 1.29 is 14.4 Å². The Morgan fingerprint density at radius 1 is 1.11 bits per heavy atom. The normalized spacial score (nSPS) is 28.1. The minimum Gasteiger partial charge on any atom is -0.326 e. The van der Waals surface area contributed by atoms with Crippen LogP contribution in [0, 0.1) is 0 Å². The molecule has 28 heavy (non-hydrogen) atoms. The van der Waals surface area contributed by atoms with E-state index in [4.69, 9.17) is 5.73 Å². The van der Waals surface area contributed by atoms with E-state index in [-0.39, 0.29) is 36.2 Å². The van der Waals surface area contributed by atoms with Crippen LogP contribution >= 0.6 is 0 Å². The summed E-state index contributed by atoms with van der Waals surface area (Å²) in [5.74, 6) is -0.761. The fraction of sp³-hybridized carbons (Fsp3) is 0.571. The molecular formula is C21H28N4O3. The van der Waals surface area contributed by atoms with Crippen LogP contribution in [0.5, 0.6) is 0 Å². The lowest BCUT2D eigenvalue weighted by Crippen LogP contribution is -2.52. The highest BCUT2D eigenvalue weighted by molar-refractivity contribution is 6.05. The summed E-state index contributed by atoms with van der Waals surface area (Å²) in [4.78, 5) is 38.4. The van der Waals surface area contributed by atoms with E-state index in [2.05, 4.69) is 10.6 Å². The Morgan fingerprint density at radius 3 is 2.75 bits per heavy atom. The van der Waals surface area contributed by atoms with E-state index in [0.717, 1.165) is 24.0 Å². The van der Waals surface area contributed by atoms with Gasteiger partial charge in [-0.15, -0.1) is 0 Å². The lowest BCUT2D eigenvalue weighted by Gasteiger charge is -2.29. The van der Waals surface area contributed by atoms with Crippen LogP contribution < -0.4 is 16.4 Å². The zero-order chi connectivity index (χ0) is 19.7. The number of benzene rings is 1. The Kier molecular flexibility index (Phi) is 5.46. The van der Waals surface area contributed by atoms with Gasteiger partial charge in [-0.1, -0.05) is 37.5 Å². The molecule has 0 spiro atoms. The highest BCUT2D eigenvalue weighted by Crippen LogP contribution is 2.30. The van der Waals surface area contributed by atoms with Crippen LogP contribution in [0.3, 0.4) is 0 Å². The highest BCUT2D eigenvalue weighted by Gasteiger charge is 2.40. The van der Waals surface area contributed by atoms with Crippen LogP contribution in [-0.2, 0) is 22.7 Å². The molecule has 2 heterocycles. The third-order valence-corrected chi connectivity index (χ3v) is 6.26. The number of hydrogen-bond acceptors (Lipinski definition) is 5. The van der Waals surface area contributed by atoms with Gasteiger partial charge < -0.3 is 16.0 Å². The fourth-order valence-corrected chi connectivity index (χ4v) is 4.67. The lowest BCUT2D eigenvalue weighted by atomic mass is 10.0. The van der Waals surface area contributed by atoms with E-state index in [1.165, 1.54) is 19.3 Å². The topological polar surface area (TPSA) is 105 Å². The second kappa shape index (κ2) is 8.01. The number of nitrogens with zero attached hydrogens (tertiary/aromatic N) is 1. The summed E-state index contributed by atoms with van der Waals surface area (Å²) in [5, 5.41) is 5.92. The minimum absolute atomic E-state index is 0.118. The molecular weight excluding hydrogens is 356 g/mol. The van der Waals surface area contributed by atoms with Crippen molar-refractivity contribution in [3.63, 3.8) is 0 Å². The van der Waals surface area contributed by atoms with Crippen molar-refractivity contribution in [3.05, 3.63) is 34.9 Å². The first-order valence-corrected chi connectivity index (χ1v) is 10.3. The van der Waals surface area contributed by atoms with Gasteiger partial charge in [-0.3, -0.25) is 19.7 Å². The zero-order valence-electron chi connectivity index (χ0n) is 16.1. The molecule has 4 rings (SSSR count). The van der Waals surface area contributed by atoms with Gasteiger partial charge in [-0.2, -0.15) is 0 Å². The van der Waals surface area contributed by atoms with Crippen LogP contribution in [0.2, 0.25) is 0 Å². The van der Waals surface area contributed by atoms with E-state index in [1.54, 1.807) is 4.90 Å². The standard InChI is InChI=1S/C21H28N4O3/c22-15-7-2-1-3-8-16(15)23-11-13-5-4-6-14-12-25(21(28)19(13)14)17-9-10-18(26)24-20(17)27/h4-6,15-17,23H,1-3,7-12,22H2,(H,24,26,27)/t15-,16-,17?/m1/s1. The van der Waals surface area contributed by atoms with Crippen LogP contribution in [-0.4, -0.2) is 40.7 Å². The molecule has 1 aromatic rings. The van der Waals surface area contributed by atoms with Crippen molar-refractivity contribution in [2.24, 2.45) is 5.73 Å². The van der Waals surface area contributed by atoms with Crippen molar-refractivity contribution >= 4 is 17.7 Å². The van der Waals surface area contributed by atoms with Gasteiger partial charge in [0, 0.05) is 37.2 Å². The van der Waals surface area contributed by atoms with Crippen molar-refractivity contribution in [1.82, 2.24) is 15.5 Å². The molecule has 7 heteroatoms. The maximum Gasteiger partial charge on any atom is 0.255 e. The van der Waals surface area contributed by atoms with E-state index in [0.29, 0.717) is 25.1 Å². The number of carbonyl (C=O) groups is 3. The molecule has 3 amide bonds. The van der Waals surface area contributed by atoms with Gasteiger partial charge in [0.15, 0.2) is 0 Å². The molecule has 1 aliphatic carbocycles. The van der Waals surface area contributed by atoms with Crippen molar-refractivity contribution in [2.75, 3.05) is 0 Å². The second-order valence-corrected chi connectivity index (χ2v) is 8.14. The van der Waals surface area contributed by atoms with Gasteiger partial charge in [0.2, 0.25) is 11.8 Å². The Balaban J connectivity index is 1.49. The average molecular weight is 384 g/mol. The van der Waals surface area contributed by atoms with Gasteiger partial charge in [-0.25, -0.2) is 0 Å². The predicted octanol–water partition coefficient (Wildman–Crippen LogP) is 1.20. The Bertz CT molecular complexity index is 794. The first-order valence-electron chi connectivity index (χ1n) is 10.3. The lowest BCUT2D eigenvalue weighted by molar-refractivity contribution is -0.136. The Morgan fingerprint density at radius 2 is 1.93 bits per heavy atom. The number of amides is 3. The molecule has 3 atom stereocenters. The summed E-state index contributed by atoms with van der Waals surface area (Å²) in [6.45, 7) is 1.01. The van der Waals surface area contributed by atoms with E-state index >= 15 is 0 Å². The summed E-state index contributed by atoms with van der Waals surface area (Å²) in [7, 11) is 0. The summed E-state index contributed by atoms with van der Waals surface area (Å²) in [5.41, 5.74) is 8.91. The molecule has 2 fully saturated rings. The fourth-order valence-electron chi connectivity index (χ4n) is 4.67. The van der Waals surface area contributed by atoms with Gasteiger partial charge in [-0.05, 0) is 30.4 Å². The largest absolute Gasteiger partial charge is 0.326 e. The number of rotatable bonds is 4. The second-order valence-electron chi connectivity index (χ2n) is 8.14.